The molecule has 1 aromatic heterocycles. The number of H-pyrrole nitrogens is 1. The molecule has 8 nitrogen and oxygen atoms in total. The van der Waals surface area contributed by atoms with Crippen LogP contribution >= 0.6 is 0 Å². The summed E-state index contributed by atoms with van der Waals surface area (Å²) in [6, 6.07) is 2.27. The van der Waals surface area contributed by atoms with E-state index < -0.39 is 5.41 Å². The third kappa shape index (κ3) is 1.88. The Morgan fingerprint density at radius 1 is 1.58 bits per heavy atom. The summed E-state index contributed by atoms with van der Waals surface area (Å²) < 4.78 is 10.4. The van der Waals surface area contributed by atoms with Gasteiger partial charge >= 0.3 is 5.97 Å². The van der Waals surface area contributed by atoms with Crippen molar-refractivity contribution in [3.8, 4) is 11.9 Å². The first kappa shape index (κ1) is 15.0. The zero-order valence-electron chi connectivity index (χ0n) is 13.5. The van der Waals surface area contributed by atoms with Crippen molar-refractivity contribution in [2.45, 2.75) is 24.7 Å². The van der Waals surface area contributed by atoms with Crippen molar-refractivity contribution in [1.82, 2.24) is 15.1 Å². The van der Waals surface area contributed by atoms with Crippen LogP contribution in [0.2, 0.25) is 0 Å². The van der Waals surface area contributed by atoms with Gasteiger partial charge in [-0.1, -0.05) is 0 Å². The molecule has 1 aromatic rings. The molecule has 3 saturated heterocycles. The van der Waals surface area contributed by atoms with E-state index in [9.17, 15) is 10.1 Å². The number of carbonyl (C=O) groups excluding carboxylic acids is 1. The van der Waals surface area contributed by atoms with E-state index in [0.717, 1.165) is 31.5 Å². The van der Waals surface area contributed by atoms with Gasteiger partial charge in [0.25, 0.3) is 0 Å². The van der Waals surface area contributed by atoms with E-state index in [0.29, 0.717) is 23.7 Å². The van der Waals surface area contributed by atoms with Crippen LogP contribution in [0.1, 0.15) is 24.1 Å². The highest BCUT2D eigenvalue weighted by atomic mass is 16.5. The van der Waals surface area contributed by atoms with Crippen molar-refractivity contribution < 1.29 is 14.3 Å². The molecule has 4 aliphatic heterocycles. The molecule has 0 amide bonds. The van der Waals surface area contributed by atoms with E-state index in [1.807, 2.05) is 0 Å². The van der Waals surface area contributed by atoms with E-state index in [1.54, 1.807) is 0 Å². The van der Waals surface area contributed by atoms with E-state index in [1.165, 1.54) is 7.11 Å². The topological polar surface area (TPSA) is 117 Å². The molecule has 126 valence electrons. The molecule has 0 saturated carbocycles. The molecule has 3 fully saturated rings. The van der Waals surface area contributed by atoms with E-state index >= 15 is 0 Å². The number of hydrogen-bond acceptors (Lipinski definition) is 7. The van der Waals surface area contributed by atoms with E-state index in [4.69, 9.17) is 15.2 Å². The number of fused-ring (bicyclic) bond motifs is 3. The molecule has 0 radical (unpaired) electrons. The normalized spacial score (nSPS) is 30.7. The van der Waals surface area contributed by atoms with Gasteiger partial charge in [-0.15, -0.1) is 5.10 Å². The summed E-state index contributed by atoms with van der Waals surface area (Å²) in [7, 11) is 1.35. The number of ether oxygens (including phenoxy) is 2. The van der Waals surface area contributed by atoms with Crippen LogP contribution in [0.3, 0.4) is 0 Å². The summed E-state index contributed by atoms with van der Waals surface area (Å²) in [5, 5.41) is 16.9. The molecule has 1 spiro atoms. The van der Waals surface area contributed by atoms with Crippen molar-refractivity contribution in [1.29, 1.82) is 5.26 Å². The summed E-state index contributed by atoms with van der Waals surface area (Å²) in [4.78, 5) is 14.1. The van der Waals surface area contributed by atoms with Crippen LogP contribution < -0.4 is 10.5 Å². The summed E-state index contributed by atoms with van der Waals surface area (Å²) >= 11 is 0. The minimum atomic E-state index is -0.556. The molecule has 5 heterocycles. The Bertz CT molecular complexity index is 769. The minimum Gasteiger partial charge on any atom is -0.469 e. The third-order valence-corrected chi connectivity index (χ3v) is 5.57. The second-order valence-electron chi connectivity index (χ2n) is 6.61. The maximum atomic E-state index is 11.8. The number of esters is 1. The SMILES string of the molecule is COC(=O)Cc1[nH]nc2c1[C@]1(CN3CCC1CC3)C(C#N)=C(N)O2. The van der Waals surface area contributed by atoms with Gasteiger partial charge in [0.05, 0.1) is 30.2 Å². The first-order valence-corrected chi connectivity index (χ1v) is 8.05. The Morgan fingerprint density at radius 3 is 2.92 bits per heavy atom. The lowest BCUT2D eigenvalue weighted by Gasteiger charge is -2.54. The largest absolute Gasteiger partial charge is 0.469 e. The zero-order valence-corrected chi connectivity index (χ0v) is 13.5. The highest BCUT2D eigenvalue weighted by molar-refractivity contribution is 5.73. The van der Waals surface area contributed by atoms with Crippen molar-refractivity contribution >= 4 is 5.97 Å². The van der Waals surface area contributed by atoms with Crippen LogP contribution in [0.15, 0.2) is 11.5 Å². The first-order chi connectivity index (χ1) is 11.6. The van der Waals surface area contributed by atoms with E-state index in [2.05, 4.69) is 21.2 Å². The van der Waals surface area contributed by atoms with Gasteiger partial charge in [0.1, 0.15) is 11.6 Å². The Labute approximate surface area is 139 Å². The lowest BCUT2D eigenvalue weighted by atomic mass is 9.58. The second-order valence-corrected chi connectivity index (χ2v) is 6.61. The summed E-state index contributed by atoms with van der Waals surface area (Å²) in [6.07, 6.45) is 2.04. The number of piperidine rings is 3. The zero-order chi connectivity index (χ0) is 16.9. The number of aromatic amines is 1. The van der Waals surface area contributed by atoms with Crippen molar-refractivity contribution in [3.63, 3.8) is 0 Å². The maximum Gasteiger partial charge on any atom is 0.311 e. The molecular formula is C16H19N5O3. The number of methoxy groups -OCH3 is 1. The standard InChI is InChI=1S/C16H19N5O3/c1-23-12(22)6-11-13-15(20-19-11)24-14(18)10(7-17)16(13)8-21-4-2-9(16)3-5-21/h9H,2-6,8,18H2,1H3,(H,19,20)/t16-/m0/s1. The number of rotatable bonds is 2. The van der Waals surface area contributed by atoms with Crippen molar-refractivity contribution in [3.05, 3.63) is 22.7 Å². The predicted molar refractivity (Wildman–Crippen MR) is 82.6 cm³/mol. The molecular weight excluding hydrogens is 310 g/mol. The molecule has 8 heteroatoms. The highest BCUT2D eigenvalue weighted by Crippen LogP contribution is 2.54. The van der Waals surface area contributed by atoms with Crippen LogP contribution in [-0.4, -0.2) is 47.8 Å². The Balaban J connectivity index is 1.90. The maximum absolute atomic E-state index is 11.8. The summed E-state index contributed by atoms with van der Waals surface area (Å²) in [5.74, 6) is 0.417. The first-order valence-electron chi connectivity index (χ1n) is 8.05. The van der Waals surface area contributed by atoms with Gasteiger partial charge in [-0.3, -0.25) is 9.89 Å². The van der Waals surface area contributed by atoms with Crippen molar-refractivity contribution in [2.24, 2.45) is 11.7 Å². The number of nitrogens with two attached hydrogens (primary N) is 1. The van der Waals surface area contributed by atoms with Gasteiger partial charge in [0.2, 0.25) is 11.8 Å². The molecule has 0 aromatic carbocycles. The average molecular weight is 329 g/mol. The third-order valence-electron chi connectivity index (χ3n) is 5.57. The smallest absolute Gasteiger partial charge is 0.311 e. The number of hydrogen-bond donors (Lipinski definition) is 2. The molecule has 5 rings (SSSR count). The van der Waals surface area contributed by atoms with Crippen LogP contribution in [0.25, 0.3) is 0 Å². The lowest BCUT2D eigenvalue weighted by molar-refractivity contribution is -0.139. The van der Waals surface area contributed by atoms with Gasteiger partial charge in [0.15, 0.2) is 0 Å². The summed E-state index contributed by atoms with van der Waals surface area (Å²) in [5.41, 5.74) is 7.39. The fourth-order valence-electron chi connectivity index (χ4n) is 4.52. The van der Waals surface area contributed by atoms with E-state index in [-0.39, 0.29) is 24.2 Å². The lowest BCUT2D eigenvalue weighted by Crippen LogP contribution is -2.59. The molecule has 24 heavy (non-hydrogen) atoms. The second kappa shape index (κ2) is 5.24. The molecule has 4 aliphatic rings. The fourth-order valence-corrected chi connectivity index (χ4v) is 4.52. The van der Waals surface area contributed by atoms with Gasteiger partial charge in [-0.25, -0.2) is 0 Å². The van der Waals surface area contributed by atoms with Crippen LogP contribution in [-0.2, 0) is 21.4 Å². The fraction of sp³-hybridized carbons (Fsp3) is 0.562. The molecule has 3 N–H and O–H groups in total. The number of nitriles is 1. The van der Waals surface area contributed by atoms with Crippen LogP contribution in [0.4, 0.5) is 0 Å². The number of nitrogens with zero attached hydrogens (tertiary/aromatic N) is 3. The Hall–Kier alpha value is -2.53. The summed E-state index contributed by atoms with van der Waals surface area (Å²) in [6.45, 7) is 2.74. The van der Waals surface area contributed by atoms with Gasteiger partial charge in [-0.2, -0.15) is 5.26 Å². The molecule has 2 bridgehead atoms. The predicted octanol–water partition coefficient (Wildman–Crippen LogP) is 0.175. The van der Waals surface area contributed by atoms with Gasteiger partial charge in [-0.05, 0) is 31.8 Å². The molecule has 0 aliphatic carbocycles. The number of nitrogens with one attached hydrogen (secondary N) is 1. The van der Waals surface area contributed by atoms with Crippen LogP contribution in [0.5, 0.6) is 5.88 Å². The Morgan fingerprint density at radius 2 is 2.33 bits per heavy atom. The van der Waals surface area contributed by atoms with Crippen molar-refractivity contribution in [2.75, 3.05) is 26.7 Å². The van der Waals surface area contributed by atoms with Gasteiger partial charge < -0.3 is 20.1 Å². The molecule has 1 atom stereocenters. The molecule has 0 unspecified atom stereocenters. The Kier molecular flexibility index (Phi) is 3.28. The van der Waals surface area contributed by atoms with Gasteiger partial charge in [0, 0.05) is 6.54 Å². The number of aromatic nitrogens is 2. The monoisotopic (exact) mass is 329 g/mol. The quantitative estimate of drug-likeness (QED) is 0.743. The average Bonchev–Trinajstić information content (AvgIpc) is 2.99. The number of carbonyl (C=O) groups is 1. The minimum absolute atomic E-state index is 0.0648. The highest BCUT2D eigenvalue weighted by Gasteiger charge is 2.56. The van der Waals surface area contributed by atoms with Crippen LogP contribution in [0, 0.1) is 17.2 Å².